The van der Waals surface area contributed by atoms with Crippen LogP contribution in [0.1, 0.15) is 0 Å². The van der Waals surface area contributed by atoms with Crippen molar-refractivity contribution in [3.8, 4) is 5.75 Å². The number of anilines is 2. The molecule has 18 heavy (non-hydrogen) atoms. The smallest absolute Gasteiger partial charge is 0.210 e. The van der Waals surface area contributed by atoms with Crippen molar-refractivity contribution in [3.63, 3.8) is 0 Å². The lowest BCUT2D eigenvalue weighted by atomic mass is 10.3. The fraction of sp³-hybridized carbons (Fsp3) is 0.167. The molecule has 0 bridgehead atoms. The Morgan fingerprint density at radius 3 is 2.83 bits per heavy atom. The van der Waals surface area contributed by atoms with Gasteiger partial charge in [-0.25, -0.2) is 0 Å². The van der Waals surface area contributed by atoms with Crippen molar-refractivity contribution >= 4 is 33.9 Å². The third-order valence-electron chi connectivity index (χ3n) is 2.07. The van der Waals surface area contributed by atoms with Crippen LogP contribution in [0.4, 0.5) is 10.8 Å². The number of aromatic nitrogens is 2. The third-order valence-corrected chi connectivity index (χ3v) is 4.04. The predicted molar refractivity (Wildman–Crippen MR) is 77.1 cm³/mol. The highest BCUT2D eigenvalue weighted by Gasteiger charge is 2.04. The van der Waals surface area contributed by atoms with Gasteiger partial charge in [-0.05, 0) is 24.3 Å². The second kappa shape index (κ2) is 6.42. The highest BCUT2D eigenvalue weighted by atomic mass is 32.2. The molecule has 0 aliphatic rings. The highest BCUT2D eigenvalue weighted by Crippen LogP contribution is 2.28. The maximum Gasteiger partial charge on any atom is 0.210 e. The van der Waals surface area contributed by atoms with Gasteiger partial charge in [-0.1, -0.05) is 29.2 Å². The average molecular weight is 279 g/mol. The summed E-state index contributed by atoms with van der Waals surface area (Å²) in [6.07, 6.45) is 1.85. The fourth-order valence-corrected chi connectivity index (χ4v) is 2.78. The molecule has 0 saturated carbocycles. The summed E-state index contributed by atoms with van der Waals surface area (Å²) in [5, 5.41) is 12.1. The Balaban J connectivity index is 1.99. The molecule has 0 spiro atoms. The van der Waals surface area contributed by atoms with Crippen LogP contribution in [0.25, 0.3) is 0 Å². The summed E-state index contributed by atoms with van der Waals surface area (Å²) in [4.78, 5) is 0. The van der Waals surface area contributed by atoms with Crippen LogP contribution in [0, 0.1) is 0 Å². The molecule has 2 aromatic rings. The predicted octanol–water partition coefficient (Wildman–Crippen LogP) is 3.57. The molecule has 1 heterocycles. The van der Waals surface area contributed by atoms with Gasteiger partial charge in [-0.2, -0.15) is 0 Å². The third kappa shape index (κ3) is 3.48. The Hall–Kier alpha value is -1.53. The number of thioether (sulfide) groups is 1. The van der Waals surface area contributed by atoms with Crippen LogP contribution in [-0.2, 0) is 0 Å². The molecule has 94 valence electrons. The van der Waals surface area contributed by atoms with Crippen molar-refractivity contribution in [2.45, 2.75) is 4.34 Å². The molecule has 1 aromatic carbocycles. The van der Waals surface area contributed by atoms with Crippen LogP contribution in [0.5, 0.6) is 5.75 Å². The molecule has 1 N–H and O–H groups in total. The highest BCUT2D eigenvalue weighted by molar-refractivity contribution is 8.01. The van der Waals surface area contributed by atoms with E-state index in [1.54, 1.807) is 18.9 Å². The van der Waals surface area contributed by atoms with E-state index in [9.17, 15) is 0 Å². The lowest BCUT2D eigenvalue weighted by molar-refractivity contribution is 0.415. The molecular formula is C12H13N3OS2. The molecule has 0 saturated heterocycles. The monoisotopic (exact) mass is 279 g/mol. The minimum atomic E-state index is 0.784. The van der Waals surface area contributed by atoms with E-state index in [1.165, 1.54) is 11.3 Å². The fourth-order valence-electron chi connectivity index (χ4n) is 1.25. The second-order valence-electron chi connectivity index (χ2n) is 3.33. The average Bonchev–Trinajstić information content (AvgIpc) is 2.85. The van der Waals surface area contributed by atoms with Gasteiger partial charge in [0.25, 0.3) is 0 Å². The van der Waals surface area contributed by atoms with Crippen LogP contribution in [0.3, 0.4) is 0 Å². The summed E-state index contributed by atoms with van der Waals surface area (Å²) in [6.45, 7) is 3.67. The topological polar surface area (TPSA) is 47.0 Å². The van der Waals surface area contributed by atoms with E-state index in [1.807, 2.05) is 30.3 Å². The molecule has 0 atom stereocenters. The molecule has 0 aliphatic heterocycles. The van der Waals surface area contributed by atoms with E-state index in [0.717, 1.165) is 26.7 Å². The van der Waals surface area contributed by atoms with E-state index in [0.29, 0.717) is 0 Å². The summed E-state index contributed by atoms with van der Waals surface area (Å²) >= 11 is 3.15. The van der Waals surface area contributed by atoms with Crippen LogP contribution in [0.15, 0.2) is 41.3 Å². The van der Waals surface area contributed by atoms with E-state index in [2.05, 4.69) is 22.1 Å². The van der Waals surface area contributed by atoms with Gasteiger partial charge in [0.05, 0.1) is 7.11 Å². The molecule has 2 rings (SSSR count). The van der Waals surface area contributed by atoms with E-state index in [-0.39, 0.29) is 0 Å². The summed E-state index contributed by atoms with van der Waals surface area (Å²) in [5.74, 6) is 1.68. The summed E-state index contributed by atoms with van der Waals surface area (Å²) in [6, 6.07) is 7.68. The maximum absolute atomic E-state index is 5.10. The largest absolute Gasteiger partial charge is 0.497 e. The van der Waals surface area contributed by atoms with Gasteiger partial charge in [-0.15, -0.1) is 16.8 Å². The standard InChI is InChI=1S/C12H13N3OS2/c1-3-8-17-12-15-14-11(18-12)13-9-4-6-10(16-2)7-5-9/h3-7H,1,8H2,2H3,(H,13,14). The first kappa shape index (κ1) is 12.9. The van der Waals surface area contributed by atoms with Crippen molar-refractivity contribution < 1.29 is 4.74 Å². The molecule has 0 unspecified atom stereocenters. The van der Waals surface area contributed by atoms with Crippen molar-refractivity contribution in [2.75, 3.05) is 18.2 Å². The Morgan fingerprint density at radius 1 is 1.39 bits per heavy atom. The van der Waals surface area contributed by atoms with Gasteiger partial charge in [0.2, 0.25) is 5.13 Å². The SMILES string of the molecule is C=CCSc1nnc(Nc2ccc(OC)cc2)s1. The number of rotatable bonds is 6. The second-order valence-corrected chi connectivity index (χ2v) is 5.57. The Bertz CT molecular complexity index is 510. The summed E-state index contributed by atoms with van der Waals surface area (Å²) in [5.41, 5.74) is 0.965. The van der Waals surface area contributed by atoms with Crippen LogP contribution >= 0.6 is 23.1 Å². The van der Waals surface area contributed by atoms with Crippen molar-refractivity contribution in [2.24, 2.45) is 0 Å². The molecule has 0 amide bonds. The van der Waals surface area contributed by atoms with Gasteiger partial charge >= 0.3 is 0 Å². The van der Waals surface area contributed by atoms with Crippen LogP contribution < -0.4 is 10.1 Å². The van der Waals surface area contributed by atoms with Gasteiger partial charge in [0.15, 0.2) is 4.34 Å². The Morgan fingerprint density at radius 2 is 2.17 bits per heavy atom. The van der Waals surface area contributed by atoms with Gasteiger partial charge in [0.1, 0.15) is 5.75 Å². The Labute approximate surface area is 114 Å². The normalized spacial score (nSPS) is 10.1. The van der Waals surface area contributed by atoms with Gasteiger partial charge < -0.3 is 10.1 Å². The number of ether oxygens (including phenoxy) is 1. The zero-order valence-electron chi connectivity index (χ0n) is 9.92. The van der Waals surface area contributed by atoms with E-state index >= 15 is 0 Å². The van der Waals surface area contributed by atoms with Crippen molar-refractivity contribution in [3.05, 3.63) is 36.9 Å². The van der Waals surface area contributed by atoms with Gasteiger partial charge in [0, 0.05) is 11.4 Å². The first-order chi connectivity index (χ1) is 8.81. The first-order valence-electron chi connectivity index (χ1n) is 5.30. The van der Waals surface area contributed by atoms with Crippen LogP contribution in [-0.4, -0.2) is 23.1 Å². The summed E-state index contributed by atoms with van der Waals surface area (Å²) < 4.78 is 6.04. The molecule has 0 fully saturated rings. The minimum Gasteiger partial charge on any atom is -0.497 e. The molecule has 6 heteroatoms. The lowest BCUT2D eigenvalue weighted by Gasteiger charge is -2.03. The van der Waals surface area contributed by atoms with E-state index in [4.69, 9.17) is 4.74 Å². The molecule has 0 aliphatic carbocycles. The van der Waals surface area contributed by atoms with Crippen LogP contribution in [0.2, 0.25) is 0 Å². The number of hydrogen-bond acceptors (Lipinski definition) is 6. The molecule has 1 aromatic heterocycles. The zero-order chi connectivity index (χ0) is 12.8. The Kier molecular flexibility index (Phi) is 4.60. The lowest BCUT2D eigenvalue weighted by Crippen LogP contribution is -1.89. The maximum atomic E-state index is 5.10. The number of methoxy groups -OCH3 is 1. The quantitative estimate of drug-likeness (QED) is 0.647. The molecular weight excluding hydrogens is 266 g/mol. The number of nitrogens with zero attached hydrogens (tertiary/aromatic N) is 2. The first-order valence-corrected chi connectivity index (χ1v) is 7.10. The minimum absolute atomic E-state index is 0.784. The number of benzene rings is 1. The molecule has 4 nitrogen and oxygen atoms in total. The van der Waals surface area contributed by atoms with Crippen molar-refractivity contribution in [1.29, 1.82) is 0 Å². The summed E-state index contributed by atoms with van der Waals surface area (Å²) in [7, 11) is 1.65. The molecule has 0 radical (unpaired) electrons. The zero-order valence-corrected chi connectivity index (χ0v) is 11.6. The van der Waals surface area contributed by atoms with E-state index < -0.39 is 0 Å². The van der Waals surface area contributed by atoms with Gasteiger partial charge in [-0.3, -0.25) is 0 Å². The van der Waals surface area contributed by atoms with Crippen molar-refractivity contribution in [1.82, 2.24) is 10.2 Å². The number of hydrogen-bond donors (Lipinski definition) is 1. The number of nitrogens with one attached hydrogen (secondary N) is 1.